The minimum Gasteiger partial charge on any atom is -0.468 e. The summed E-state index contributed by atoms with van der Waals surface area (Å²) < 4.78 is 9.74. The van der Waals surface area contributed by atoms with Gasteiger partial charge in [-0.1, -0.05) is 0 Å². The standard InChI is InChI=1S/C10H15NO3S/c1-13-10(12)9(11)6-14-4-2-8-3-5-15-7-8/h3,5,7,9H,2,4,6,11H2,1H3/t9-/m0/s1. The number of carbonyl (C=O) groups excluding carboxylic acids is 1. The molecule has 4 nitrogen and oxygen atoms in total. The third kappa shape index (κ3) is 4.42. The molecule has 0 saturated carbocycles. The first-order valence-electron chi connectivity index (χ1n) is 4.66. The Bertz CT molecular complexity index is 287. The van der Waals surface area contributed by atoms with Gasteiger partial charge in [0.15, 0.2) is 0 Å². The fraction of sp³-hybridized carbons (Fsp3) is 0.500. The van der Waals surface area contributed by atoms with E-state index >= 15 is 0 Å². The van der Waals surface area contributed by atoms with E-state index in [0.29, 0.717) is 6.61 Å². The largest absolute Gasteiger partial charge is 0.468 e. The van der Waals surface area contributed by atoms with Crippen molar-refractivity contribution in [1.82, 2.24) is 0 Å². The van der Waals surface area contributed by atoms with Crippen LogP contribution in [0.5, 0.6) is 0 Å². The van der Waals surface area contributed by atoms with Crippen LogP contribution in [0.3, 0.4) is 0 Å². The summed E-state index contributed by atoms with van der Waals surface area (Å²) in [5.74, 6) is -0.439. The van der Waals surface area contributed by atoms with E-state index in [0.717, 1.165) is 6.42 Å². The zero-order valence-electron chi connectivity index (χ0n) is 8.64. The maximum Gasteiger partial charge on any atom is 0.325 e. The number of hydrogen-bond acceptors (Lipinski definition) is 5. The van der Waals surface area contributed by atoms with Gasteiger partial charge in [-0.15, -0.1) is 0 Å². The van der Waals surface area contributed by atoms with Crippen molar-refractivity contribution in [2.24, 2.45) is 5.73 Å². The molecular weight excluding hydrogens is 214 g/mol. The Kier molecular flexibility index (Phi) is 5.31. The Morgan fingerprint density at radius 3 is 3.07 bits per heavy atom. The van der Waals surface area contributed by atoms with Crippen LogP contribution in [0.15, 0.2) is 16.8 Å². The molecule has 1 heterocycles. The molecule has 0 radical (unpaired) electrons. The number of nitrogens with two attached hydrogens (primary N) is 1. The van der Waals surface area contributed by atoms with Gasteiger partial charge in [0.1, 0.15) is 6.04 Å². The molecule has 0 unspecified atom stereocenters. The second-order valence-corrected chi connectivity index (χ2v) is 3.87. The van der Waals surface area contributed by atoms with Crippen LogP contribution >= 0.6 is 11.3 Å². The Hall–Kier alpha value is -0.910. The SMILES string of the molecule is COC(=O)[C@@H](N)COCCc1ccsc1. The van der Waals surface area contributed by atoms with Crippen molar-refractivity contribution in [3.8, 4) is 0 Å². The van der Waals surface area contributed by atoms with E-state index in [2.05, 4.69) is 10.1 Å². The molecule has 1 aromatic rings. The van der Waals surface area contributed by atoms with Crippen molar-refractivity contribution in [1.29, 1.82) is 0 Å². The summed E-state index contributed by atoms with van der Waals surface area (Å²) in [5, 5.41) is 4.10. The topological polar surface area (TPSA) is 61.5 Å². The van der Waals surface area contributed by atoms with Gasteiger partial charge in [-0.25, -0.2) is 0 Å². The molecule has 0 aliphatic carbocycles. The number of methoxy groups -OCH3 is 1. The fourth-order valence-corrected chi connectivity index (χ4v) is 1.76. The Balaban J connectivity index is 2.09. The van der Waals surface area contributed by atoms with Gasteiger partial charge in [-0.2, -0.15) is 11.3 Å². The number of carbonyl (C=O) groups is 1. The van der Waals surface area contributed by atoms with Crippen molar-refractivity contribution in [2.75, 3.05) is 20.3 Å². The summed E-state index contributed by atoms with van der Waals surface area (Å²) in [4.78, 5) is 10.9. The lowest BCUT2D eigenvalue weighted by atomic mass is 10.2. The van der Waals surface area contributed by atoms with Crippen molar-refractivity contribution < 1.29 is 14.3 Å². The molecule has 0 saturated heterocycles. The van der Waals surface area contributed by atoms with Crippen LogP contribution < -0.4 is 5.73 Å². The molecule has 0 amide bonds. The molecular formula is C10H15NO3S. The number of hydrogen-bond donors (Lipinski definition) is 1. The van der Waals surface area contributed by atoms with Crippen molar-refractivity contribution in [2.45, 2.75) is 12.5 Å². The van der Waals surface area contributed by atoms with E-state index in [4.69, 9.17) is 10.5 Å². The molecule has 1 rings (SSSR count). The number of ether oxygens (including phenoxy) is 2. The lowest BCUT2D eigenvalue weighted by molar-refractivity contribution is -0.143. The first kappa shape index (κ1) is 12.2. The molecule has 15 heavy (non-hydrogen) atoms. The quantitative estimate of drug-likeness (QED) is 0.579. The summed E-state index contributed by atoms with van der Waals surface area (Å²) in [6.07, 6.45) is 0.845. The molecule has 0 spiro atoms. The predicted octanol–water partition coefficient (Wildman–Crippen LogP) is 0.808. The Morgan fingerprint density at radius 1 is 1.67 bits per heavy atom. The molecule has 0 aliphatic heterocycles. The number of thiophene rings is 1. The van der Waals surface area contributed by atoms with E-state index in [-0.39, 0.29) is 6.61 Å². The lowest BCUT2D eigenvalue weighted by Gasteiger charge is -2.09. The van der Waals surface area contributed by atoms with Gasteiger partial charge in [0.2, 0.25) is 0 Å². The highest BCUT2D eigenvalue weighted by molar-refractivity contribution is 7.07. The maximum absolute atomic E-state index is 10.9. The number of esters is 1. The fourth-order valence-electron chi connectivity index (χ4n) is 1.05. The summed E-state index contributed by atoms with van der Waals surface area (Å²) in [6.45, 7) is 0.776. The lowest BCUT2D eigenvalue weighted by Crippen LogP contribution is -2.36. The highest BCUT2D eigenvalue weighted by atomic mass is 32.1. The van der Waals surface area contributed by atoms with Crippen LogP contribution in [0.4, 0.5) is 0 Å². The van der Waals surface area contributed by atoms with Gasteiger partial charge in [-0.05, 0) is 28.8 Å². The van der Waals surface area contributed by atoms with Gasteiger partial charge in [0.25, 0.3) is 0 Å². The molecule has 2 N–H and O–H groups in total. The van der Waals surface area contributed by atoms with Crippen molar-refractivity contribution in [3.05, 3.63) is 22.4 Å². The van der Waals surface area contributed by atoms with Gasteiger partial charge < -0.3 is 15.2 Å². The van der Waals surface area contributed by atoms with Crippen LogP contribution in [0.25, 0.3) is 0 Å². The average Bonchev–Trinajstić information content (AvgIpc) is 2.75. The first-order valence-corrected chi connectivity index (χ1v) is 5.60. The zero-order valence-corrected chi connectivity index (χ0v) is 9.46. The zero-order chi connectivity index (χ0) is 11.1. The molecule has 0 aromatic carbocycles. The highest BCUT2D eigenvalue weighted by Crippen LogP contribution is 2.06. The first-order chi connectivity index (χ1) is 7.24. The van der Waals surface area contributed by atoms with Crippen molar-refractivity contribution >= 4 is 17.3 Å². The van der Waals surface area contributed by atoms with E-state index in [1.54, 1.807) is 11.3 Å². The Labute approximate surface area is 93.0 Å². The molecule has 1 atom stereocenters. The van der Waals surface area contributed by atoms with Crippen LogP contribution in [-0.4, -0.2) is 32.3 Å². The normalized spacial score (nSPS) is 12.4. The minimum atomic E-state index is -0.683. The maximum atomic E-state index is 10.9. The van der Waals surface area contributed by atoms with E-state index in [9.17, 15) is 4.79 Å². The third-order valence-electron chi connectivity index (χ3n) is 1.92. The molecule has 1 aromatic heterocycles. The third-order valence-corrected chi connectivity index (χ3v) is 2.65. The van der Waals surface area contributed by atoms with Crippen molar-refractivity contribution in [3.63, 3.8) is 0 Å². The molecule has 5 heteroatoms. The summed E-state index contributed by atoms with van der Waals surface area (Å²) in [5.41, 5.74) is 6.73. The van der Waals surface area contributed by atoms with Crippen LogP contribution in [0, 0.1) is 0 Å². The molecule has 0 aliphatic rings. The smallest absolute Gasteiger partial charge is 0.325 e. The summed E-state index contributed by atoms with van der Waals surface area (Å²) >= 11 is 1.66. The van der Waals surface area contributed by atoms with E-state index < -0.39 is 12.0 Å². The van der Waals surface area contributed by atoms with Crippen LogP contribution in [0.2, 0.25) is 0 Å². The summed E-state index contributed by atoms with van der Waals surface area (Å²) in [7, 11) is 1.31. The molecule has 0 bridgehead atoms. The summed E-state index contributed by atoms with van der Waals surface area (Å²) in [6, 6.07) is 1.37. The number of rotatable bonds is 6. The van der Waals surface area contributed by atoms with Crippen LogP contribution in [-0.2, 0) is 20.7 Å². The second-order valence-electron chi connectivity index (χ2n) is 3.09. The minimum absolute atomic E-state index is 0.205. The van der Waals surface area contributed by atoms with Gasteiger partial charge in [-0.3, -0.25) is 4.79 Å². The monoisotopic (exact) mass is 229 g/mol. The average molecular weight is 229 g/mol. The second kappa shape index (κ2) is 6.55. The predicted molar refractivity (Wildman–Crippen MR) is 58.8 cm³/mol. The van der Waals surface area contributed by atoms with Crippen LogP contribution in [0.1, 0.15) is 5.56 Å². The van der Waals surface area contributed by atoms with Gasteiger partial charge >= 0.3 is 5.97 Å². The highest BCUT2D eigenvalue weighted by Gasteiger charge is 2.12. The van der Waals surface area contributed by atoms with E-state index in [1.165, 1.54) is 12.7 Å². The van der Waals surface area contributed by atoms with Gasteiger partial charge in [0.05, 0.1) is 20.3 Å². The molecule has 0 fully saturated rings. The Morgan fingerprint density at radius 2 is 2.47 bits per heavy atom. The van der Waals surface area contributed by atoms with Gasteiger partial charge in [0, 0.05) is 0 Å². The molecule has 84 valence electrons. The van der Waals surface area contributed by atoms with E-state index in [1.807, 2.05) is 11.4 Å².